The van der Waals surface area contributed by atoms with Crippen LogP contribution in [0, 0.1) is 11.8 Å². The van der Waals surface area contributed by atoms with E-state index in [1.165, 1.54) is 19.3 Å². The fourth-order valence-electron chi connectivity index (χ4n) is 2.64. The summed E-state index contributed by atoms with van der Waals surface area (Å²) < 4.78 is 26.4. The number of sulfonamides is 1. The van der Waals surface area contributed by atoms with Crippen molar-refractivity contribution in [2.45, 2.75) is 51.0 Å². The molecule has 2 rings (SSSR count). The average molecular weight is 260 g/mol. The number of hydrogen-bond acceptors (Lipinski definition) is 3. The van der Waals surface area contributed by atoms with E-state index < -0.39 is 10.0 Å². The van der Waals surface area contributed by atoms with Gasteiger partial charge in [-0.3, -0.25) is 0 Å². The van der Waals surface area contributed by atoms with E-state index in [1.54, 1.807) is 0 Å². The normalized spacial score (nSPS) is 24.8. The van der Waals surface area contributed by atoms with Crippen LogP contribution >= 0.6 is 0 Å². The van der Waals surface area contributed by atoms with Crippen molar-refractivity contribution in [2.75, 3.05) is 12.3 Å². The van der Waals surface area contributed by atoms with Crippen molar-refractivity contribution in [3.8, 4) is 0 Å². The molecule has 0 aromatic rings. The average Bonchev–Trinajstić information content (AvgIpc) is 3.10. The number of rotatable bonds is 6. The Balaban J connectivity index is 1.73. The predicted octanol–water partition coefficient (Wildman–Crippen LogP) is 1.22. The van der Waals surface area contributed by atoms with Gasteiger partial charge in [0, 0.05) is 12.6 Å². The molecule has 0 amide bonds. The van der Waals surface area contributed by atoms with Gasteiger partial charge in [0.15, 0.2) is 0 Å². The first kappa shape index (κ1) is 13.3. The molecule has 0 spiro atoms. The van der Waals surface area contributed by atoms with E-state index in [2.05, 4.69) is 4.72 Å². The first-order valence-electron chi connectivity index (χ1n) is 6.80. The monoisotopic (exact) mass is 260 g/mol. The van der Waals surface area contributed by atoms with Gasteiger partial charge >= 0.3 is 0 Å². The smallest absolute Gasteiger partial charge is 0.211 e. The van der Waals surface area contributed by atoms with Crippen molar-refractivity contribution in [1.82, 2.24) is 4.72 Å². The molecular weight excluding hydrogens is 236 g/mol. The molecular formula is C12H24N2O2S. The molecule has 0 radical (unpaired) electrons. The molecule has 0 heterocycles. The molecule has 0 aromatic carbocycles. The van der Waals surface area contributed by atoms with Gasteiger partial charge in [-0.2, -0.15) is 0 Å². The Morgan fingerprint density at radius 2 is 1.76 bits per heavy atom. The van der Waals surface area contributed by atoms with Crippen molar-refractivity contribution >= 4 is 10.0 Å². The summed E-state index contributed by atoms with van der Waals surface area (Å²) in [5, 5.41) is 0. The second kappa shape index (κ2) is 5.67. The summed E-state index contributed by atoms with van der Waals surface area (Å²) in [6.07, 6.45) is 8.07. The standard InChI is InChI=1S/C12H24N2O2S/c13-12(11-6-7-11)8-14-17(15,16)9-10-4-2-1-3-5-10/h10-12,14H,1-9,13H2. The lowest BCUT2D eigenvalue weighted by Crippen LogP contribution is -2.40. The van der Waals surface area contributed by atoms with Gasteiger partial charge in [-0.25, -0.2) is 13.1 Å². The Bertz CT molecular complexity index is 332. The Morgan fingerprint density at radius 3 is 2.35 bits per heavy atom. The molecule has 0 saturated heterocycles. The van der Waals surface area contributed by atoms with Crippen molar-refractivity contribution in [2.24, 2.45) is 17.6 Å². The SMILES string of the molecule is NC(CNS(=O)(=O)CC1CCCCC1)C1CC1. The van der Waals surface area contributed by atoms with Crippen LogP contribution in [0.1, 0.15) is 44.9 Å². The highest BCUT2D eigenvalue weighted by atomic mass is 32.2. The maximum Gasteiger partial charge on any atom is 0.211 e. The maximum absolute atomic E-state index is 11.9. The molecule has 5 heteroatoms. The second-order valence-electron chi connectivity index (χ2n) is 5.64. The van der Waals surface area contributed by atoms with Crippen LogP contribution in [0.25, 0.3) is 0 Å². The molecule has 2 saturated carbocycles. The molecule has 17 heavy (non-hydrogen) atoms. The minimum absolute atomic E-state index is 0.0103. The van der Waals surface area contributed by atoms with E-state index in [-0.39, 0.29) is 6.04 Å². The first-order chi connectivity index (χ1) is 8.07. The van der Waals surface area contributed by atoms with E-state index in [0.717, 1.165) is 25.7 Å². The topological polar surface area (TPSA) is 72.2 Å². The molecule has 2 aliphatic carbocycles. The summed E-state index contributed by atoms with van der Waals surface area (Å²) in [6, 6.07) is 0.0103. The molecule has 2 aliphatic rings. The largest absolute Gasteiger partial charge is 0.326 e. The summed E-state index contributed by atoms with van der Waals surface area (Å²) in [4.78, 5) is 0. The van der Waals surface area contributed by atoms with Crippen molar-refractivity contribution in [3.63, 3.8) is 0 Å². The van der Waals surface area contributed by atoms with Crippen LogP contribution in [0.3, 0.4) is 0 Å². The molecule has 100 valence electrons. The van der Waals surface area contributed by atoms with Gasteiger partial charge in [-0.1, -0.05) is 19.3 Å². The first-order valence-corrected chi connectivity index (χ1v) is 8.45. The maximum atomic E-state index is 11.9. The minimum atomic E-state index is -3.11. The lowest BCUT2D eigenvalue weighted by molar-refractivity contribution is 0.383. The van der Waals surface area contributed by atoms with Gasteiger partial charge in [0.2, 0.25) is 10.0 Å². The van der Waals surface area contributed by atoms with Gasteiger partial charge in [0.1, 0.15) is 0 Å². The zero-order valence-electron chi connectivity index (χ0n) is 10.4. The molecule has 2 fully saturated rings. The van der Waals surface area contributed by atoms with E-state index in [0.29, 0.717) is 24.1 Å². The van der Waals surface area contributed by atoms with Gasteiger partial charge in [0.05, 0.1) is 5.75 Å². The summed E-state index contributed by atoms with van der Waals surface area (Å²) in [7, 11) is -3.11. The van der Waals surface area contributed by atoms with Crippen LogP contribution < -0.4 is 10.5 Å². The highest BCUT2D eigenvalue weighted by Crippen LogP contribution is 2.31. The predicted molar refractivity (Wildman–Crippen MR) is 69.1 cm³/mol. The number of nitrogens with one attached hydrogen (secondary N) is 1. The van der Waals surface area contributed by atoms with Crippen molar-refractivity contribution in [3.05, 3.63) is 0 Å². The van der Waals surface area contributed by atoms with Gasteiger partial charge in [0.25, 0.3) is 0 Å². The lowest BCUT2D eigenvalue weighted by atomic mass is 9.91. The van der Waals surface area contributed by atoms with Crippen LogP contribution in [0.4, 0.5) is 0 Å². The second-order valence-corrected chi connectivity index (χ2v) is 7.49. The van der Waals surface area contributed by atoms with Gasteiger partial charge in [-0.05, 0) is 37.5 Å². The third kappa shape index (κ3) is 4.56. The molecule has 0 aliphatic heterocycles. The minimum Gasteiger partial charge on any atom is -0.326 e. The highest BCUT2D eigenvalue weighted by molar-refractivity contribution is 7.89. The molecule has 3 N–H and O–H groups in total. The molecule has 0 bridgehead atoms. The summed E-state index contributed by atoms with van der Waals surface area (Å²) in [6.45, 7) is 0.416. The van der Waals surface area contributed by atoms with Crippen LogP contribution in [-0.4, -0.2) is 26.8 Å². The summed E-state index contributed by atoms with van der Waals surface area (Å²) >= 11 is 0. The fraction of sp³-hybridized carbons (Fsp3) is 1.00. The number of nitrogens with two attached hydrogens (primary N) is 1. The summed E-state index contributed by atoms with van der Waals surface area (Å²) in [5.74, 6) is 1.20. The Morgan fingerprint density at radius 1 is 1.12 bits per heavy atom. The van der Waals surface area contributed by atoms with E-state index >= 15 is 0 Å². The Hall–Kier alpha value is -0.130. The third-order valence-corrected chi connectivity index (χ3v) is 5.46. The van der Waals surface area contributed by atoms with Crippen LogP contribution in [0.15, 0.2) is 0 Å². The molecule has 1 atom stereocenters. The third-order valence-electron chi connectivity index (χ3n) is 3.95. The Labute approximate surface area is 104 Å². The van der Waals surface area contributed by atoms with Crippen LogP contribution in [-0.2, 0) is 10.0 Å². The van der Waals surface area contributed by atoms with E-state index in [1.807, 2.05) is 0 Å². The van der Waals surface area contributed by atoms with E-state index in [4.69, 9.17) is 5.73 Å². The molecule has 1 unspecified atom stereocenters. The molecule has 0 aromatic heterocycles. The van der Waals surface area contributed by atoms with Gasteiger partial charge in [-0.15, -0.1) is 0 Å². The van der Waals surface area contributed by atoms with E-state index in [9.17, 15) is 8.42 Å². The number of hydrogen-bond donors (Lipinski definition) is 2. The fourth-order valence-corrected chi connectivity index (χ4v) is 4.16. The zero-order chi connectivity index (χ0) is 12.3. The molecule has 4 nitrogen and oxygen atoms in total. The summed E-state index contributed by atoms with van der Waals surface area (Å²) in [5.41, 5.74) is 5.89. The van der Waals surface area contributed by atoms with Crippen LogP contribution in [0.2, 0.25) is 0 Å². The van der Waals surface area contributed by atoms with Gasteiger partial charge < -0.3 is 5.73 Å². The van der Waals surface area contributed by atoms with Crippen molar-refractivity contribution < 1.29 is 8.42 Å². The zero-order valence-corrected chi connectivity index (χ0v) is 11.2. The lowest BCUT2D eigenvalue weighted by Gasteiger charge is -2.22. The van der Waals surface area contributed by atoms with Crippen molar-refractivity contribution in [1.29, 1.82) is 0 Å². The highest BCUT2D eigenvalue weighted by Gasteiger charge is 2.29. The quantitative estimate of drug-likeness (QED) is 0.754. The van der Waals surface area contributed by atoms with Crippen LogP contribution in [0.5, 0.6) is 0 Å². The Kier molecular flexibility index (Phi) is 4.44.